The van der Waals surface area contributed by atoms with Crippen LogP contribution in [-0.4, -0.2) is 26.1 Å². The molecule has 0 saturated heterocycles. The molecule has 0 spiro atoms. The minimum Gasteiger partial charge on any atom is -0.495 e. The second kappa shape index (κ2) is 8.67. The van der Waals surface area contributed by atoms with Gasteiger partial charge in [0.2, 0.25) is 0 Å². The van der Waals surface area contributed by atoms with E-state index in [1.54, 1.807) is 7.11 Å². The van der Waals surface area contributed by atoms with E-state index in [1.807, 2.05) is 36.4 Å². The maximum Gasteiger partial charge on any atom is 0.265 e. The Hall–Kier alpha value is -1.56. The summed E-state index contributed by atoms with van der Waals surface area (Å²) in [5.74, 6) is 0.501. The Balaban J connectivity index is 0.00000220. The number of ether oxygens (including phenoxy) is 1. The lowest BCUT2D eigenvalue weighted by atomic mass is 10.2. The number of halogens is 1. The molecule has 114 valence electrons. The number of carbonyl (C=O) groups excluding carboxylic acids is 1. The van der Waals surface area contributed by atoms with E-state index in [2.05, 4.69) is 5.32 Å². The highest BCUT2D eigenvalue weighted by Crippen LogP contribution is 2.35. The van der Waals surface area contributed by atoms with Crippen LogP contribution in [0.25, 0.3) is 10.4 Å². The van der Waals surface area contributed by atoms with Crippen LogP contribution < -0.4 is 15.8 Å². The average molecular weight is 327 g/mol. The van der Waals surface area contributed by atoms with Crippen LogP contribution >= 0.6 is 23.7 Å². The summed E-state index contributed by atoms with van der Waals surface area (Å²) in [5, 5.41) is 2.85. The van der Waals surface area contributed by atoms with Crippen LogP contribution in [0, 0.1) is 0 Å². The van der Waals surface area contributed by atoms with Gasteiger partial charge in [-0.15, -0.1) is 23.7 Å². The SMILES string of the molecule is COc1cc(-c2ccccc2)sc1C(=O)NCCCN.Cl. The lowest BCUT2D eigenvalue weighted by molar-refractivity contribution is 0.0955. The highest BCUT2D eigenvalue weighted by molar-refractivity contribution is 7.17. The van der Waals surface area contributed by atoms with Crippen LogP contribution in [-0.2, 0) is 0 Å². The van der Waals surface area contributed by atoms with E-state index in [9.17, 15) is 4.79 Å². The van der Waals surface area contributed by atoms with Gasteiger partial charge >= 0.3 is 0 Å². The molecule has 0 aliphatic carbocycles. The number of benzene rings is 1. The third-order valence-electron chi connectivity index (χ3n) is 2.85. The molecule has 4 nitrogen and oxygen atoms in total. The number of methoxy groups -OCH3 is 1. The molecule has 1 aromatic heterocycles. The zero-order valence-corrected chi connectivity index (χ0v) is 13.4. The summed E-state index contributed by atoms with van der Waals surface area (Å²) in [7, 11) is 1.58. The van der Waals surface area contributed by atoms with Crippen molar-refractivity contribution in [2.45, 2.75) is 6.42 Å². The number of nitrogens with one attached hydrogen (secondary N) is 1. The number of nitrogens with two attached hydrogens (primary N) is 1. The predicted octanol–water partition coefficient (Wildman–Crippen LogP) is 2.92. The first-order valence-electron chi connectivity index (χ1n) is 6.47. The minimum absolute atomic E-state index is 0. The fraction of sp³-hybridized carbons (Fsp3) is 0.267. The van der Waals surface area contributed by atoms with E-state index < -0.39 is 0 Å². The monoisotopic (exact) mass is 326 g/mol. The Morgan fingerprint density at radius 2 is 2.05 bits per heavy atom. The van der Waals surface area contributed by atoms with Gasteiger partial charge in [0.25, 0.3) is 5.91 Å². The van der Waals surface area contributed by atoms with E-state index in [1.165, 1.54) is 11.3 Å². The van der Waals surface area contributed by atoms with Crippen LogP contribution in [0.1, 0.15) is 16.1 Å². The molecule has 0 unspecified atom stereocenters. The first kappa shape index (κ1) is 17.5. The molecule has 0 radical (unpaired) electrons. The molecule has 0 aliphatic heterocycles. The largest absolute Gasteiger partial charge is 0.495 e. The average Bonchev–Trinajstić information content (AvgIpc) is 2.92. The summed E-state index contributed by atoms with van der Waals surface area (Å²) in [6.07, 6.45) is 0.769. The van der Waals surface area contributed by atoms with Crippen molar-refractivity contribution in [3.63, 3.8) is 0 Å². The molecule has 0 bridgehead atoms. The summed E-state index contributed by atoms with van der Waals surface area (Å²) < 4.78 is 5.30. The molecule has 0 aliphatic rings. The summed E-state index contributed by atoms with van der Waals surface area (Å²) in [5.41, 5.74) is 6.50. The molecule has 3 N–H and O–H groups in total. The molecule has 0 saturated carbocycles. The molecule has 1 amide bonds. The van der Waals surface area contributed by atoms with Crippen LogP contribution in [0.4, 0.5) is 0 Å². The molecule has 6 heteroatoms. The fourth-order valence-electron chi connectivity index (χ4n) is 1.81. The number of amides is 1. The molecular formula is C15H19ClN2O2S. The van der Waals surface area contributed by atoms with E-state index in [-0.39, 0.29) is 18.3 Å². The first-order valence-corrected chi connectivity index (χ1v) is 7.29. The van der Waals surface area contributed by atoms with Gasteiger partial charge in [0.1, 0.15) is 10.6 Å². The van der Waals surface area contributed by atoms with Gasteiger partial charge in [-0.2, -0.15) is 0 Å². The predicted molar refractivity (Wildman–Crippen MR) is 89.6 cm³/mol. The Bertz CT molecular complexity index is 572. The Morgan fingerprint density at radius 1 is 1.33 bits per heavy atom. The maximum absolute atomic E-state index is 12.1. The van der Waals surface area contributed by atoms with Crippen molar-refractivity contribution in [1.82, 2.24) is 5.32 Å². The fourth-order valence-corrected chi connectivity index (χ4v) is 2.86. The molecule has 2 aromatic rings. The van der Waals surface area contributed by atoms with Crippen LogP contribution in [0.5, 0.6) is 5.75 Å². The van der Waals surface area contributed by atoms with Crippen LogP contribution in [0.2, 0.25) is 0 Å². The molecule has 0 fully saturated rings. The lowest BCUT2D eigenvalue weighted by Gasteiger charge is -2.03. The Kier molecular flexibility index (Phi) is 7.22. The van der Waals surface area contributed by atoms with E-state index >= 15 is 0 Å². The van der Waals surface area contributed by atoms with Gasteiger partial charge in [-0.25, -0.2) is 0 Å². The summed E-state index contributed by atoms with van der Waals surface area (Å²) >= 11 is 1.44. The van der Waals surface area contributed by atoms with Crippen LogP contribution in [0.3, 0.4) is 0 Å². The minimum atomic E-state index is -0.109. The van der Waals surface area contributed by atoms with Gasteiger partial charge < -0.3 is 15.8 Å². The van der Waals surface area contributed by atoms with Gasteiger partial charge in [0.15, 0.2) is 0 Å². The van der Waals surface area contributed by atoms with Crippen molar-refractivity contribution in [2.24, 2.45) is 5.73 Å². The number of rotatable bonds is 6. The topological polar surface area (TPSA) is 64.3 Å². The van der Waals surface area contributed by atoms with Crippen molar-refractivity contribution in [3.05, 3.63) is 41.3 Å². The van der Waals surface area contributed by atoms with E-state index in [0.29, 0.717) is 23.7 Å². The van der Waals surface area contributed by atoms with Crippen LogP contribution in [0.15, 0.2) is 36.4 Å². The standard InChI is InChI=1S/C15H18N2O2S.ClH/c1-19-12-10-13(11-6-3-2-4-7-11)20-14(12)15(18)17-9-5-8-16;/h2-4,6-7,10H,5,8-9,16H2,1H3,(H,17,18);1H. The molecule has 1 heterocycles. The second-order valence-electron chi connectivity index (χ2n) is 4.27. The van der Waals surface area contributed by atoms with Gasteiger partial charge in [0, 0.05) is 11.4 Å². The highest BCUT2D eigenvalue weighted by Gasteiger charge is 2.17. The Labute approximate surface area is 134 Å². The van der Waals surface area contributed by atoms with Gasteiger partial charge in [-0.1, -0.05) is 30.3 Å². The smallest absolute Gasteiger partial charge is 0.265 e. The molecule has 21 heavy (non-hydrogen) atoms. The lowest BCUT2D eigenvalue weighted by Crippen LogP contribution is -2.25. The molecule has 2 rings (SSSR count). The van der Waals surface area contributed by atoms with E-state index in [0.717, 1.165) is 16.9 Å². The number of hydrogen-bond donors (Lipinski definition) is 2. The van der Waals surface area contributed by atoms with Gasteiger partial charge in [-0.05, 0) is 24.6 Å². The summed E-state index contributed by atoms with van der Waals surface area (Å²) in [4.78, 5) is 13.7. The Morgan fingerprint density at radius 3 is 2.67 bits per heavy atom. The zero-order chi connectivity index (χ0) is 14.4. The van der Waals surface area contributed by atoms with E-state index in [4.69, 9.17) is 10.5 Å². The third-order valence-corrected chi connectivity index (χ3v) is 4.01. The van der Waals surface area contributed by atoms with Crippen molar-refractivity contribution in [2.75, 3.05) is 20.2 Å². The highest BCUT2D eigenvalue weighted by atomic mass is 35.5. The normalized spacial score (nSPS) is 9.81. The molecular weight excluding hydrogens is 308 g/mol. The number of hydrogen-bond acceptors (Lipinski definition) is 4. The van der Waals surface area contributed by atoms with Gasteiger partial charge in [0.05, 0.1) is 7.11 Å². The zero-order valence-electron chi connectivity index (χ0n) is 11.8. The maximum atomic E-state index is 12.1. The summed E-state index contributed by atoms with van der Waals surface area (Å²) in [6, 6.07) is 11.8. The quantitative estimate of drug-likeness (QED) is 0.802. The van der Waals surface area contributed by atoms with Crippen molar-refractivity contribution >= 4 is 29.7 Å². The third kappa shape index (κ3) is 4.46. The number of carbonyl (C=O) groups is 1. The first-order chi connectivity index (χ1) is 9.76. The second-order valence-corrected chi connectivity index (χ2v) is 5.32. The molecule has 0 atom stereocenters. The summed E-state index contributed by atoms with van der Waals surface area (Å²) in [6.45, 7) is 1.15. The van der Waals surface area contributed by atoms with Crippen molar-refractivity contribution < 1.29 is 9.53 Å². The number of thiophene rings is 1. The van der Waals surface area contributed by atoms with Crippen molar-refractivity contribution in [3.8, 4) is 16.2 Å². The molecule has 1 aromatic carbocycles. The van der Waals surface area contributed by atoms with Crippen molar-refractivity contribution in [1.29, 1.82) is 0 Å². The van der Waals surface area contributed by atoms with Gasteiger partial charge in [-0.3, -0.25) is 4.79 Å².